The zero-order chi connectivity index (χ0) is 10.1. The van der Waals surface area contributed by atoms with Gasteiger partial charge >= 0.3 is 0 Å². The van der Waals surface area contributed by atoms with Crippen LogP contribution >= 0.6 is 11.3 Å². The van der Waals surface area contributed by atoms with Crippen molar-refractivity contribution in [2.45, 2.75) is 6.42 Å². The summed E-state index contributed by atoms with van der Waals surface area (Å²) < 4.78 is 0. The molecule has 1 aromatic rings. The van der Waals surface area contributed by atoms with Crippen LogP contribution in [-0.4, -0.2) is 23.3 Å². The second kappa shape index (κ2) is 3.24. The van der Waals surface area contributed by atoms with Crippen molar-refractivity contribution in [3.8, 4) is 6.07 Å². The first kappa shape index (κ1) is 8.91. The van der Waals surface area contributed by atoms with Gasteiger partial charge in [0.1, 0.15) is 0 Å². The van der Waals surface area contributed by atoms with Gasteiger partial charge in [-0.3, -0.25) is 14.5 Å². The third-order valence-corrected chi connectivity index (χ3v) is 2.80. The molecule has 0 fully saturated rings. The molecule has 1 aromatic heterocycles. The fourth-order valence-electron chi connectivity index (χ4n) is 1.38. The number of hydrogen-bond donors (Lipinski definition) is 0. The quantitative estimate of drug-likeness (QED) is 0.684. The topological polar surface area (TPSA) is 61.2 Å². The van der Waals surface area contributed by atoms with Crippen LogP contribution in [0.1, 0.15) is 27.1 Å². The Balaban J connectivity index is 2.27. The molecule has 0 atom stereocenters. The minimum atomic E-state index is -0.276. The second-order valence-corrected chi connectivity index (χ2v) is 3.61. The highest BCUT2D eigenvalue weighted by Crippen LogP contribution is 2.25. The summed E-state index contributed by atoms with van der Waals surface area (Å²) in [6.07, 6.45) is 0.186. The van der Waals surface area contributed by atoms with Gasteiger partial charge in [-0.05, 0) is 0 Å². The van der Waals surface area contributed by atoms with Crippen LogP contribution in [0.3, 0.4) is 0 Å². The summed E-state index contributed by atoms with van der Waals surface area (Å²) in [5.74, 6) is -0.553. The Labute approximate surface area is 84.4 Å². The highest BCUT2D eigenvalue weighted by atomic mass is 32.1. The van der Waals surface area contributed by atoms with Crippen molar-refractivity contribution in [3.63, 3.8) is 0 Å². The van der Waals surface area contributed by atoms with Crippen LogP contribution in [0.15, 0.2) is 10.8 Å². The molecule has 2 rings (SSSR count). The zero-order valence-electron chi connectivity index (χ0n) is 7.19. The van der Waals surface area contributed by atoms with Crippen LogP contribution in [-0.2, 0) is 0 Å². The second-order valence-electron chi connectivity index (χ2n) is 2.87. The molecule has 1 aliphatic heterocycles. The Bertz CT molecular complexity index is 413. The maximum Gasteiger partial charge on any atom is 0.262 e. The summed E-state index contributed by atoms with van der Waals surface area (Å²) in [5, 5.41) is 11.7. The lowest BCUT2D eigenvalue weighted by molar-refractivity contribution is 0.0657. The minimum Gasteiger partial charge on any atom is -0.273 e. The van der Waals surface area contributed by atoms with E-state index < -0.39 is 0 Å². The fraction of sp³-hybridized carbons (Fsp3) is 0.222. The number of imide groups is 1. The van der Waals surface area contributed by atoms with Gasteiger partial charge in [0.25, 0.3) is 11.8 Å². The Kier molecular flexibility index (Phi) is 2.06. The maximum absolute atomic E-state index is 11.6. The normalized spacial score (nSPS) is 14.4. The Morgan fingerprint density at radius 2 is 1.86 bits per heavy atom. The number of amides is 2. The molecule has 0 unspecified atom stereocenters. The van der Waals surface area contributed by atoms with Gasteiger partial charge in [-0.25, -0.2) is 0 Å². The number of rotatable bonds is 2. The Hall–Kier alpha value is -1.67. The van der Waals surface area contributed by atoms with Crippen molar-refractivity contribution < 1.29 is 9.59 Å². The predicted molar refractivity (Wildman–Crippen MR) is 49.9 cm³/mol. The smallest absolute Gasteiger partial charge is 0.262 e. The van der Waals surface area contributed by atoms with E-state index in [4.69, 9.17) is 5.26 Å². The molecule has 0 aliphatic carbocycles. The summed E-state index contributed by atoms with van der Waals surface area (Å²) >= 11 is 1.34. The molecule has 14 heavy (non-hydrogen) atoms. The van der Waals surface area contributed by atoms with E-state index in [1.54, 1.807) is 10.8 Å². The third-order valence-electron chi connectivity index (χ3n) is 2.06. The molecule has 2 heterocycles. The van der Waals surface area contributed by atoms with Crippen molar-refractivity contribution in [1.29, 1.82) is 5.26 Å². The first-order chi connectivity index (χ1) is 6.75. The van der Waals surface area contributed by atoms with E-state index in [2.05, 4.69) is 0 Å². The molecule has 0 saturated carbocycles. The van der Waals surface area contributed by atoms with E-state index in [-0.39, 0.29) is 24.8 Å². The number of fused-ring (bicyclic) bond motifs is 1. The summed E-state index contributed by atoms with van der Waals surface area (Å²) in [6.45, 7) is 0.188. The molecule has 0 spiro atoms. The van der Waals surface area contributed by atoms with Crippen LogP contribution in [0.5, 0.6) is 0 Å². The molecule has 70 valence electrons. The number of thiophene rings is 1. The van der Waals surface area contributed by atoms with Crippen LogP contribution in [0, 0.1) is 11.3 Å². The predicted octanol–water partition coefficient (Wildman–Crippen LogP) is 1.26. The van der Waals surface area contributed by atoms with E-state index in [0.717, 1.165) is 4.90 Å². The van der Waals surface area contributed by atoms with Gasteiger partial charge in [0.05, 0.1) is 23.6 Å². The van der Waals surface area contributed by atoms with Gasteiger partial charge in [-0.15, -0.1) is 0 Å². The first-order valence-corrected chi connectivity index (χ1v) is 4.99. The van der Waals surface area contributed by atoms with E-state index >= 15 is 0 Å². The third kappa shape index (κ3) is 1.12. The fourth-order valence-corrected chi connectivity index (χ4v) is 2.17. The molecule has 1 aliphatic rings. The lowest BCUT2D eigenvalue weighted by Gasteiger charge is -2.10. The number of nitriles is 1. The van der Waals surface area contributed by atoms with Gasteiger partial charge in [0.2, 0.25) is 0 Å². The molecule has 0 radical (unpaired) electrons. The van der Waals surface area contributed by atoms with Gasteiger partial charge in [-0.2, -0.15) is 16.6 Å². The maximum atomic E-state index is 11.6. The number of carbonyl (C=O) groups excluding carboxylic acids is 2. The lowest BCUT2D eigenvalue weighted by atomic mass is 10.2. The van der Waals surface area contributed by atoms with E-state index in [0.29, 0.717) is 11.1 Å². The molecule has 0 aromatic carbocycles. The SMILES string of the molecule is N#CCCN1C(=O)c2cscc2C1=O. The number of hydrogen-bond acceptors (Lipinski definition) is 4. The van der Waals surface area contributed by atoms with Gasteiger partial charge in [-0.1, -0.05) is 0 Å². The number of nitrogens with zero attached hydrogens (tertiary/aromatic N) is 2. The zero-order valence-corrected chi connectivity index (χ0v) is 8.00. The molecule has 0 N–H and O–H groups in total. The molecule has 0 bridgehead atoms. The summed E-state index contributed by atoms with van der Waals surface area (Å²) in [6, 6.07) is 1.91. The monoisotopic (exact) mass is 206 g/mol. The van der Waals surface area contributed by atoms with Crippen molar-refractivity contribution in [2.24, 2.45) is 0 Å². The lowest BCUT2D eigenvalue weighted by Crippen LogP contribution is -2.30. The highest BCUT2D eigenvalue weighted by molar-refractivity contribution is 7.08. The molecule has 2 amide bonds. The molecular formula is C9H6N2O2S. The van der Waals surface area contributed by atoms with Crippen molar-refractivity contribution in [2.75, 3.05) is 6.54 Å². The van der Waals surface area contributed by atoms with Gasteiger partial charge < -0.3 is 0 Å². The van der Waals surface area contributed by atoms with E-state index in [1.807, 2.05) is 6.07 Å². The van der Waals surface area contributed by atoms with Gasteiger partial charge in [0, 0.05) is 17.3 Å². The van der Waals surface area contributed by atoms with Crippen LogP contribution in [0.2, 0.25) is 0 Å². The Morgan fingerprint density at radius 3 is 2.36 bits per heavy atom. The Morgan fingerprint density at radius 1 is 1.29 bits per heavy atom. The molecule has 4 nitrogen and oxygen atoms in total. The molecule has 0 saturated heterocycles. The standard InChI is InChI=1S/C9H6N2O2S/c10-2-1-3-11-8(12)6-4-14-5-7(6)9(11)13/h4-5H,1,3H2. The summed E-state index contributed by atoms with van der Waals surface area (Å²) in [5.41, 5.74) is 0.941. The number of carbonyl (C=O) groups is 2. The summed E-state index contributed by atoms with van der Waals surface area (Å²) in [4.78, 5) is 24.3. The highest BCUT2D eigenvalue weighted by Gasteiger charge is 2.35. The van der Waals surface area contributed by atoms with Gasteiger partial charge in [0.15, 0.2) is 0 Å². The van der Waals surface area contributed by atoms with E-state index in [1.165, 1.54) is 11.3 Å². The largest absolute Gasteiger partial charge is 0.273 e. The van der Waals surface area contributed by atoms with Crippen LogP contribution in [0.25, 0.3) is 0 Å². The average Bonchev–Trinajstić information content (AvgIpc) is 2.72. The van der Waals surface area contributed by atoms with Crippen LogP contribution in [0.4, 0.5) is 0 Å². The first-order valence-electron chi connectivity index (χ1n) is 4.05. The minimum absolute atomic E-state index is 0.186. The summed E-state index contributed by atoms with van der Waals surface area (Å²) in [7, 11) is 0. The molecular weight excluding hydrogens is 200 g/mol. The van der Waals surface area contributed by atoms with Crippen LogP contribution < -0.4 is 0 Å². The van der Waals surface area contributed by atoms with E-state index in [9.17, 15) is 9.59 Å². The van der Waals surface area contributed by atoms with Crippen molar-refractivity contribution >= 4 is 23.2 Å². The van der Waals surface area contributed by atoms with Crippen molar-refractivity contribution in [3.05, 3.63) is 21.9 Å². The molecule has 5 heteroatoms. The van der Waals surface area contributed by atoms with Crippen molar-refractivity contribution in [1.82, 2.24) is 4.90 Å². The average molecular weight is 206 g/mol.